The number of hydrogen-bond donors (Lipinski definition) is 1. The first kappa shape index (κ1) is 18.8. The molecule has 5 nitrogen and oxygen atoms in total. The maximum atomic E-state index is 12.6. The van der Waals surface area contributed by atoms with E-state index in [9.17, 15) is 9.59 Å². The molecular formula is C19H18IN3O2S. The van der Waals surface area contributed by atoms with Crippen LogP contribution in [-0.2, 0) is 16.1 Å². The van der Waals surface area contributed by atoms with Gasteiger partial charge >= 0.3 is 0 Å². The Labute approximate surface area is 171 Å². The van der Waals surface area contributed by atoms with E-state index in [-0.39, 0.29) is 18.2 Å². The van der Waals surface area contributed by atoms with Gasteiger partial charge in [-0.25, -0.2) is 0 Å². The summed E-state index contributed by atoms with van der Waals surface area (Å²) in [4.78, 5) is 28.3. The summed E-state index contributed by atoms with van der Waals surface area (Å²) in [6, 6.07) is 16.7. The van der Waals surface area contributed by atoms with Crippen LogP contribution in [0.1, 0.15) is 12.0 Å². The molecule has 2 aromatic carbocycles. The molecule has 1 atom stereocenters. The Morgan fingerprint density at radius 3 is 2.46 bits per heavy atom. The fourth-order valence-corrected chi connectivity index (χ4v) is 3.49. The molecule has 1 heterocycles. The number of anilines is 1. The van der Waals surface area contributed by atoms with Gasteiger partial charge in [-0.05, 0) is 64.6 Å². The predicted octanol–water partition coefficient (Wildman–Crippen LogP) is 3.25. The summed E-state index contributed by atoms with van der Waals surface area (Å²) in [5.41, 5.74) is 1.76. The average molecular weight is 479 g/mol. The van der Waals surface area contributed by atoms with Crippen molar-refractivity contribution < 1.29 is 9.59 Å². The van der Waals surface area contributed by atoms with Gasteiger partial charge in [-0.3, -0.25) is 14.5 Å². The third kappa shape index (κ3) is 4.21. The average Bonchev–Trinajstić information content (AvgIpc) is 2.83. The number of benzene rings is 2. The number of thiocarbonyl (C=S) groups is 1. The van der Waals surface area contributed by atoms with Gasteiger partial charge in [0.25, 0.3) is 5.91 Å². The molecule has 26 heavy (non-hydrogen) atoms. The van der Waals surface area contributed by atoms with Crippen molar-refractivity contribution in [3.8, 4) is 0 Å². The highest BCUT2D eigenvalue weighted by Crippen LogP contribution is 2.23. The number of nitrogens with zero attached hydrogens (tertiary/aromatic N) is 2. The molecule has 1 fully saturated rings. The first-order valence-electron chi connectivity index (χ1n) is 8.13. The lowest BCUT2D eigenvalue weighted by Gasteiger charge is -2.23. The Morgan fingerprint density at radius 2 is 1.81 bits per heavy atom. The second kappa shape index (κ2) is 8.13. The Hall–Kier alpha value is -2.00. The zero-order valence-electron chi connectivity index (χ0n) is 14.2. The van der Waals surface area contributed by atoms with Crippen LogP contribution in [0.5, 0.6) is 0 Å². The highest BCUT2D eigenvalue weighted by molar-refractivity contribution is 14.1. The molecule has 0 bridgehead atoms. The SMILES string of the molecule is CN1C(=O)[C@H](CC(=O)Nc2ccc(I)cc2)N(Cc2ccccc2)C1=S. The third-order valence-electron chi connectivity index (χ3n) is 4.23. The molecule has 0 unspecified atom stereocenters. The molecule has 7 heteroatoms. The maximum absolute atomic E-state index is 12.6. The highest BCUT2D eigenvalue weighted by atomic mass is 127. The van der Waals surface area contributed by atoms with E-state index in [0.29, 0.717) is 17.3 Å². The van der Waals surface area contributed by atoms with Crippen LogP contribution in [0.4, 0.5) is 5.69 Å². The normalized spacial score (nSPS) is 16.9. The number of amides is 2. The monoisotopic (exact) mass is 479 g/mol. The predicted molar refractivity (Wildman–Crippen MR) is 114 cm³/mol. The second-order valence-electron chi connectivity index (χ2n) is 6.07. The van der Waals surface area contributed by atoms with E-state index in [2.05, 4.69) is 27.9 Å². The molecule has 134 valence electrons. The van der Waals surface area contributed by atoms with Crippen LogP contribution < -0.4 is 5.32 Å². The van der Waals surface area contributed by atoms with Gasteiger partial charge in [-0.1, -0.05) is 30.3 Å². The summed E-state index contributed by atoms with van der Waals surface area (Å²) in [5.74, 6) is -0.357. The Morgan fingerprint density at radius 1 is 1.15 bits per heavy atom. The van der Waals surface area contributed by atoms with Gasteiger partial charge in [-0.15, -0.1) is 0 Å². The largest absolute Gasteiger partial charge is 0.332 e. The van der Waals surface area contributed by atoms with Crippen molar-refractivity contribution in [1.82, 2.24) is 9.80 Å². The number of carbonyl (C=O) groups is 2. The summed E-state index contributed by atoms with van der Waals surface area (Å²) < 4.78 is 1.09. The Bertz CT molecular complexity index is 826. The Balaban J connectivity index is 1.72. The smallest absolute Gasteiger partial charge is 0.251 e. The van der Waals surface area contributed by atoms with E-state index in [1.165, 1.54) is 4.90 Å². The number of halogens is 1. The van der Waals surface area contributed by atoms with Gasteiger partial charge in [0.1, 0.15) is 6.04 Å². The molecule has 1 aliphatic heterocycles. The molecule has 1 aliphatic rings. The van der Waals surface area contributed by atoms with E-state index in [1.807, 2.05) is 59.5 Å². The van der Waals surface area contributed by atoms with Crippen LogP contribution in [0, 0.1) is 3.57 Å². The van der Waals surface area contributed by atoms with Crippen LogP contribution in [0.2, 0.25) is 0 Å². The van der Waals surface area contributed by atoms with Crippen LogP contribution >= 0.6 is 34.8 Å². The maximum Gasteiger partial charge on any atom is 0.251 e. The molecule has 0 aliphatic carbocycles. The summed E-state index contributed by atoms with van der Waals surface area (Å²) in [6.45, 7) is 0.497. The van der Waals surface area contributed by atoms with Gasteiger partial charge in [0.05, 0.1) is 6.42 Å². The van der Waals surface area contributed by atoms with E-state index >= 15 is 0 Å². The van der Waals surface area contributed by atoms with Crippen molar-refractivity contribution in [3.05, 3.63) is 63.7 Å². The van der Waals surface area contributed by atoms with Crippen molar-refractivity contribution >= 4 is 57.4 Å². The topological polar surface area (TPSA) is 52.7 Å². The molecule has 1 saturated heterocycles. The molecule has 0 radical (unpaired) electrons. The van der Waals surface area contributed by atoms with Crippen LogP contribution in [0.3, 0.4) is 0 Å². The van der Waals surface area contributed by atoms with Crippen molar-refractivity contribution in [2.75, 3.05) is 12.4 Å². The van der Waals surface area contributed by atoms with Gasteiger partial charge < -0.3 is 10.2 Å². The molecule has 0 aromatic heterocycles. The number of hydrogen-bond acceptors (Lipinski definition) is 3. The summed E-state index contributed by atoms with van der Waals surface area (Å²) >= 11 is 7.62. The molecule has 0 saturated carbocycles. The number of likely N-dealkylation sites (N-methyl/N-ethyl adjacent to an activating group) is 1. The third-order valence-corrected chi connectivity index (χ3v) is 5.45. The molecule has 3 rings (SSSR count). The van der Waals surface area contributed by atoms with Crippen LogP contribution in [0.25, 0.3) is 0 Å². The quantitative estimate of drug-likeness (QED) is 0.529. The van der Waals surface area contributed by atoms with E-state index in [0.717, 1.165) is 9.13 Å². The second-order valence-corrected chi connectivity index (χ2v) is 7.68. The van der Waals surface area contributed by atoms with Gasteiger partial charge in [0.15, 0.2) is 5.11 Å². The molecule has 0 spiro atoms. The van der Waals surface area contributed by atoms with Gasteiger partial charge in [-0.2, -0.15) is 0 Å². The van der Waals surface area contributed by atoms with E-state index in [4.69, 9.17) is 12.2 Å². The highest BCUT2D eigenvalue weighted by Gasteiger charge is 2.41. The lowest BCUT2D eigenvalue weighted by atomic mass is 10.1. The van der Waals surface area contributed by atoms with Gasteiger partial charge in [0, 0.05) is 22.8 Å². The number of carbonyl (C=O) groups excluding carboxylic acids is 2. The fraction of sp³-hybridized carbons (Fsp3) is 0.211. The molecule has 1 N–H and O–H groups in total. The van der Waals surface area contributed by atoms with Crippen molar-refractivity contribution in [1.29, 1.82) is 0 Å². The van der Waals surface area contributed by atoms with Gasteiger partial charge in [0.2, 0.25) is 5.91 Å². The minimum absolute atomic E-state index is 0.0577. The van der Waals surface area contributed by atoms with Crippen molar-refractivity contribution in [3.63, 3.8) is 0 Å². The first-order valence-corrected chi connectivity index (χ1v) is 9.62. The summed E-state index contributed by atoms with van der Waals surface area (Å²) in [6.07, 6.45) is 0.0577. The van der Waals surface area contributed by atoms with Crippen LogP contribution in [-0.4, -0.2) is 39.8 Å². The van der Waals surface area contributed by atoms with Crippen molar-refractivity contribution in [2.45, 2.75) is 19.0 Å². The zero-order chi connectivity index (χ0) is 18.7. The fourth-order valence-electron chi connectivity index (χ4n) is 2.85. The van der Waals surface area contributed by atoms with E-state index < -0.39 is 6.04 Å². The lowest BCUT2D eigenvalue weighted by Crippen LogP contribution is -2.37. The Kier molecular flexibility index (Phi) is 5.87. The number of nitrogens with one attached hydrogen (secondary N) is 1. The molecule has 2 amide bonds. The molecule has 2 aromatic rings. The summed E-state index contributed by atoms with van der Waals surface area (Å²) in [7, 11) is 1.65. The minimum Gasteiger partial charge on any atom is -0.332 e. The number of rotatable bonds is 5. The lowest BCUT2D eigenvalue weighted by molar-refractivity contribution is -0.130. The minimum atomic E-state index is -0.587. The summed E-state index contributed by atoms with van der Waals surface area (Å²) in [5, 5.41) is 3.30. The first-order chi connectivity index (χ1) is 12.5. The molecular weight excluding hydrogens is 461 g/mol. The van der Waals surface area contributed by atoms with Crippen LogP contribution in [0.15, 0.2) is 54.6 Å². The van der Waals surface area contributed by atoms with E-state index in [1.54, 1.807) is 7.05 Å². The standard InChI is InChI=1S/C19H18IN3O2S/c1-22-18(25)16(11-17(24)21-15-9-7-14(20)8-10-15)23(19(22)26)12-13-5-3-2-4-6-13/h2-10,16H,11-12H2,1H3,(H,21,24)/t16-/m0/s1. The van der Waals surface area contributed by atoms with Crippen molar-refractivity contribution in [2.24, 2.45) is 0 Å². The zero-order valence-corrected chi connectivity index (χ0v) is 17.2.